The van der Waals surface area contributed by atoms with Crippen molar-refractivity contribution < 1.29 is 4.39 Å². The molecular formula is C16H20FN3. The summed E-state index contributed by atoms with van der Waals surface area (Å²) in [7, 11) is 4.03. The number of hydrogen-bond acceptors (Lipinski definition) is 3. The van der Waals surface area contributed by atoms with E-state index in [2.05, 4.69) is 34.3 Å². The fourth-order valence-corrected chi connectivity index (χ4v) is 2.04. The number of anilines is 2. The summed E-state index contributed by atoms with van der Waals surface area (Å²) < 4.78 is 12.9. The summed E-state index contributed by atoms with van der Waals surface area (Å²) >= 11 is 0. The molecule has 1 aromatic heterocycles. The monoisotopic (exact) mass is 273 g/mol. The summed E-state index contributed by atoms with van der Waals surface area (Å²) in [4.78, 5) is 6.20. The molecule has 4 heteroatoms. The van der Waals surface area contributed by atoms with Crippen LogP contribution in [0.5, 0.6) is 0 Å². The minimum atomic E-state index is -0.307. The van der Waals surface area contributed by atoms with Crippen LogP contribution in [-0.2, 0) is 0 Å². The van der Waals surface area contributed by atoms with E-state index in [0.717, 1.165) is 23.5 Å². The summed E-state index contributed by atoms with van der Waals surface area (Å²) in [6.45, 7) is 2.08. The Morgan fingerprint density at radius 3 is 2.35 bits per heavy atom. The van der Waals surface area contributed by atoms with Crippen LogP contribution >= 0.6 is 0 Å². The fourth-order valence-electron chi connectivity index (χ4n) is 2.04. The smallest absolute Gasteiger partial charge is 0.141 e. The standard InChI is InChI=1S/C16H20FN3/c1-4-15(16-10-5-12(17)11-18-16)19-13-6-8-14(9-7-13)20(2)3/h5-11,15,19H,4H2,1-3H3. The van der Waals surface area contributed by atoms with Gasteiger partial charge in [0.15, 0.2) is 0 Å². The SMILES string of the molecule is CCC(Nc1ccc(N(C)C)cc1)c1ccc(F)cn1. The van der Waals surface area contributed by atoms with Gasteiger partial charge in [0.25, 0.3) is 0 Å². The van der Waals surface area contributed by atoms with Gasteiger partial charge in [-0.3, -0.25) is 4.98 Å². The van der Waals surface area contributed by atoms with Crippen LogP contribution in [0.25, 0.3) is 0 Å². The lowest BCUT2D eigenvalue weighted by atomic mass is 10.1. The van der Waals surface area contributed by atoms with Gasteiger partial charge in [-0.25, -0.2) is 4.39 Å². The van der Waals surface area contributed by atoms with E-state index >= 15 is 0 Å². The van der Waals surface area contributed by atoms with Crippen LogP contribution in [0.1, 0.15) is 25.1 Å². The molecule has 0 bridgehead atoms. The number of pyridine rings is 1. The van der Waals surface area contributed by atoms with Crippen molar-refractivity contribution >= 4 is 11.4 Å². The van der Waals surface area contributed by atoms with Gasteiger partial charge >= 0.3 is 0 Å². The normalized spacial score (nSPS) is 12.0. The second-order valence-corrected chi connectivity index (χ2v) is 4.95. The van der Waals surface area contributed by atoms with Crippen molar-refractivity contribution in [1.29, 1.82) is 0 Å². The summed E-state index contributed by atoms with van der Waals surface area (Å²) in [6, 6.07) is 11.5. The van der Waals surface area contributed by atoms with E-state index in [0.29, 0.717) is 0 Å². The van der Waals surface area contributed by atoms with Crippen LogP contribution in [0.4, 0.5) is 15.8 Å². The Bertz CT molecular complexity index is 535. The van der Waals surface area contributed by atoms with Crippen molar-refractivity contribution in [3.05, 3.63) is 54.1 Å². The zero-order chi connectivity index (χ0) is 14.5. The van der Waals surface area contributed by atoms with Crippen LogP contribution in [-0.4, -0.2) is 19.1 Å². The van der Waals surface area contributed by atoms with Crippen molar-refractivity contribution in [3.8, 4) is 0 Å². The average molecular weight is 273 g/mol. The first kappa shape index (κ1) is 14.3. The second-order valence-electron chi connectivity index (χ2n) is 4.95. The molecule has 1 atom stereocenters. The molecule has 2 rings (SSSR count). The molecule has 1 N–H and O–H groups in total. The van der Waals surface area contributed by atoms with Crippen molar-refractivity contribution in [3.63, 3.8) is 0 Å². The van der Waals surface area contributed by atoms with Gasteiger partial charge in [0.05, 0.1) is 17.9 Å². The molecule has 0 aliphatic heterocycles. The highest BCUT2D eigenvalue weighted by molar-refractivity contribution is 5.55. The maximum atomic E-state index is 12.9. The van der Waals surface area contributed by atoms with E-state index in [9.17, 15) is 4.39 Å². The molecule has 3 nitrogen and oxygen atoms in total. The quantitative estimate of drug-likeness (QED) is 0.897. The van der Waals surface area contributed by atoms with Gasteiger partial charge in [-0.1, -0.05) is 6.92 Å². The first-order valence-corrected chi connectivity index (χ1v) is 6.75. The maximum absolute atomic E-state index is 12.9. The molecule has 0 radical (unpaired) electrons. The molecule has 0 spiro atoms. The molecule has 2 aromatic rings. The third-order valence-corrected chi connectivity index (χ3v) is 3.24. The van der Waals surface area contributed by atoms with E-state index in [1.54, 1.807) is 6.07 Å². The minimum Gasteiger partial charge on any atom is -0.378 e. The molecule has 1 aromatic carbocycles. The van der Waals surface area contributed by atoms with Gasteiger partial charge in [-0.05, 0) is 42.8 Å². The first-order chi connectivity index (χ1) is 9.60. The van der Waals surface area contributed by atoms with Crippen molar-refractivity contribution in [2.45, 2.75) is 19.4 Å². The van der Waals surface area contributed by atoms with Crippen LogP contribution in [0, 0.1) is 5.82 Å². The van der Waals surface area contributed by atoms with Crippen LogP contribution in [0.2, 0.25) is 0 Å². The van der Waals surface area contributed by atoms with E-state index in [1.807, 2.05) is 26.2 Å². The molecule has 0 amide bonds. The van der Waals surface area contributed by atoms with E-state index in [-0.39, 0.29) is 11.9 Å². The molecule has 106 valence electrons. The highest BCUT2D eigenvalue weighted by Gasteiger charge is 2.10. The number of rotatable bonds is 5. The van der Waals surface area contributed by atoms with Gasteiger partial charge in [0.1, 0.15) is 5.82 Å². The molecule has 0 saturated heterocycles. The van der Waals surface area contributed by atoms with Gasteiger partial charge < -0.3 is 10.2 Å². The highest BCUT2D eigenvalue weighted by atomic mass is 19.1. The maximum Gasteiger partial charge on any atom is 0.141 e. The lowest BCUT2D eigenvalue weighted by Gasteiger charge is -2.19. The predicted octanol–water partition coefficient (Wildman–Crippen LogP) is 3.85. The third-order valence-electron chi connectivity index (χ3n) is 3.24. The molecule has 0 saturated carbocycles. The summed E-state index contributed by atoms with van der Waals surface area (Å²) in [6.07, 6.45) is 2.14. The van der Waals surface area contributed by atoms with E-state index in [1.165, 1.54) is 12.3 Å². The Labute approximate surface area is 119 Å². The Morgan fingerprint density at radius 2 is 1.85 bits per heavy atom. The Morgan fingerprint density at radius 1 is 1.15 bits per heavy atom. The lowest BCUT2D eigenvalue weighted by molar-refractivity contribution is 0.614. The van der Waals surface area contributed by atoms with Crippen LogP contribution in [0.3, 0.4) is 0 Å². The Hall–Kier alpha value is -2.10. The largest absolute Gasteiger partial charge is 0.378 e. The Kier molecular flexibility index (Phi) is 4.56. The molecule has 1 heterocycles. The van der Waals surface area contributed by atoms with E-state index in [4.69, 9.17) is 0 Å². The first-order valence-electron chi connectivity index (χ1n) is 6.75. The zero-order valence-electron chi connectivity index (χ0n) is 12.1. The molecule has 0 aliphatic carbocycles. The zero-order valence-corrected chi connectivity index (χ0v) is 12.1. The molecule has 0 aliphatic rings. The Balaban J connectivity index is 2.11. The summed E-state index contributed by atoms with van der Waals surface area (Å²) in [5.74, 6) is -0.307. The number of halogens is 1. The van der Waals surface area contributed by atoms with Crippen LogP contribution in [0.15, 0.2) is 42.6 Å². The number of nitrogens with zero attached hydrogens (tertiary/aromatic N) is 2. The second kappa shape index (κ2) is 6.37. The highest BCUT2D eigenvalue weighted by Crippen LogP contribution is 2.23. The fraction of sp³-hybridized carbons (Fsp3) is 0.312. The van der Waals surface area contributed by atoms with Gasteiger partial charge in [-0.15, -0.1) is 0 Å². The topological polar surface area (TPSA) is 28.2 Å². The number of benzene rings is 1. The third kappa shape index (κ3) is 3.47. The minimum absolute atomic E-state index is 0.0841. The number of nitrogens with one attached hydrogen (secondary N) is 1. The van der Waals surface area contributed by atoms with E-state index < -0.39 is 0 Å². The van der Waals surface area contributed by atoms with Gasteiger partial charge in [0.2, 0.25) is 0 Å². The molecule has 20 heavy (non-hydrogen) atoms. The van der Waals surface area contributed by atoms with Crippen molar-refractivity contribution in [1.82, 2.24) is 4.98 Å². The molecule has 0 fully saturated rings. The summed E-state index contributed by atoms with van der Waals surface area (Å²) in [5, 5.41) is 3.43. The number of hydrogen-bond donors (Lipinski definition) is 1. The van der Waals surface area contributed by atoms with Gasteiger partial charge in [-0.2, -0.15) is 0 Å². The predicted molar refractivity (Wildman–Crippen MR) is 81.6 cm³/mol. The summed E-state index contributed by atoms with van der Waals surface area (Å²) in [5.41, 5.74) is 3.04. The lowest BCUT2D eigenvalue weighted by Crippen LogP contribution is -2.12. The molecular weight excluding hydrogens is 253 g/mol. The average Bonchev–Trinajstić information content (AvgIpc) is 2.46. The van der Waals surface area contributed by atoms with Crippen molar-refractivity contribution in [2.75, 3.05) is 24.3 Å². The van der Waals surface area contributed by atoms with Crippen molar-refractivity contribution in [2.24, 2.45) is 0 Å². The molecule has 1 unspecified atom stereocenters. The van der Waals surface area contributed by atoms with Gasteiger partial charge in [0, 0.05) is 25.5 Å². The number of aromatic nitrogens is 1. The van der Waals surface area contributed by atoms with Crippen LogP contribution < -0.4 is 10.2 Å².